The van der Waals surface area contributed by atoms with E-state index in [0.29, 0.717) is 0 Å². The highest BCUT2D eigenvalue weighted by atomic mass is 16.6. The maximum Gasteiger partial charge on any atom is 0.122 e. The molecule has 2 nitrogen and oxygen atoms in total. The topological polar surface area (TPSA) is 21.6 Å². The van der Waals surface area contributed by atoms with Crippen LogP contribution in [0.1, 0.15) is 6.92 Å². The van der Waals surface area contributed by atoms with Crippen LogP contribution in [0.5, 0.6) is 0 Å². The summed E-state index contributed by atoms with van der Waals surface area (Å²) in [4.78, 5) is 4.60. The Morgan fingerprint density at radius 1 is 1.62 bits per heavy atom. The second kappa shape index (κ2) is 2.31. The van der Waals surface area contributed by atoms with Crippen molar-refractivity contribution in [2.75, 3.05) is 0 Å². The van der Waals surface area contributed by atoms with Crippen LogP contribution in [-0.2, 0) is 4.84 Å². The van der Waals surface area contributed by atoms with E-state index in [4.69, 9.17) is 0 Å². The zero-order valence-corrected chi connectivity index (χ0v) is 4.66. The Hall–Kier alpha value is -1.05. The largest absolute Gasteiger partial charge is 0.365 e. The van der Waals surface area contributed by atoms with E-state index in [1.54, 1.807) is 6.21 Å². The van der Waals surface area contributed by atoms with Gasteiger partial charge in [-0.1, -0.05) is 11.2 Å². The van der Waals surface area contributed by atoms with E-state index in [2.05, 4.69) is 9.99 Å². The molecule has 42 valence electrons. The summed E-state index contributed by atoms with van der Waals surface area (Å²) in [5, 5.41) is 3.57. The van der Waals surface area contributed by atoms with Gasteiger partial charge in [-0.3, -0.25) is 0 Å². The molecule has 0 radical (unpaired) electrons. The fourth-order valence-electron chi connectivity index (χ4n) is 0.418. The quantitative estimate of drug-likeness (QED) is 0.461. The van der Waals surface area contributed by atoms with Gasteiger partial charge in [0.25, 0.3) is 0 Å². The van der Waals surface area contributed by atoms with Crippen LogP contribution in [0.2, 0.25) is 0 Å². The lowest BCUT2D eigenvalue weighted by Gasteiger charge is -1.80. The predicted octanol–water partition coefficient (Wildman–Crippen LogP) is 1.46. The highest BCUT2D eigenvalue weighted by molar-refractivity contribution is 5.77. The average Bonchev–Trinajstić information content (AvgIpc) is 1.94. The van der Waals surface area contributed by atoms with Crippen molar-refractivity contribution in [2.24, 2.45) is 5.16 Å². The Labute approximate surface area is 48.1 Å². The molecule has 0 bridgehead atoms. The molecule has 0 aromatic carbocycles. The Bertz CT molecular complexity index is 156. The summed E-state index contributed by atoms with van der Waals surface area (Å²) in [7, 11) is 0. The van der Waals surface area contributed by atoms with Gasteiger partial charge in [-0.25, -0.2) is 0 Å². The molecule has 8 heavy (non-hydrogen) atoms. The zero-order chi connectivity index (χ0) is 5.82. The van der Waals surface area contributed by atoms with Gasteiger partial charge in [0.05, 0.1) is 6.21 Å². The first-order chi connectivity index (χ1) is 3.89. The van der Waals surface area contributed by atoms with Crippen LogP contribution in [0.4, 0.5) is 0 Å². The number of allylic oxidation sites excluding steroid dienone is 3. The number of nitrogens with zero attached hydrogens (tertiary/aromatic N) is 1. The monoisotopic (exact) mass is 109 g/mol. The van der Waals surface area contributed by atoms with Crippen molar-refractivity contribution in [3.05, 3.63) is 24.0 Å². The molecule has 0 fully saturated rings. The molecule has 0 saturated heterocycles. The highest BCUT2D eigenvalue weighted by Crippen LogP contribution is 1.93. The summed E-state index contributed by atoms with van der Waals surface area (Å²) in [5.74, 6) is 0. The Kier molecular flexibility index (Phi) is 1.47. The number of oxime groups is 1. The molecule has 0 aromatic rings. The van der Waals surface area contributed by atoms with Crippen LogP contribution in [0, 0.1) is 0 Å². The van der Waals surface area contributed by atoms with Crippen molar-refractivity contribution >= 4 is 6.21 Å². The Morgan fingerprint density at radius 3 is 3.38 bits per heavy atom. The van der Waals surface area contributed by atoms with Gasteiger partial charge in [-0.05, 0) is 18.6 Å². The van der Waals surface area contributed by atoms with Crippen molar-refractivity contribution in [2.45, 2.75) is 6.92 Å². The highest BCUT2D eigenvalue weighted by Gasteiger charge is 1.82. The average molecular weight is 109 g/mol. The van der Waals surface area contributed by atoms with Gasteiger partial charge in [-0.15, -0.1) is 0 Å². The Balaban J connectivity index is 2.73. The number of hydrogen-bond donors (Lipinski definition) is 0. The molecule has 1 heterocycles. The first kappa shape index (κ1) is 5.09. The molecule has 1 aliphatic heterocycles. The van der Waals surface area contributed by atoms with Crippen LogP contribution in [-0.4, -0.2) is 6.21 Å². The molecule has 1 rings (SSSR count). The van der Waals surface area contributed by atoms with Gasteiger partial charge < -0.3 is 4.84 Å². The van der Waals surface area contributed by atoms with Gasteiger partial charge in [0.2, 0.25) is 0 Å². The molecular weight excluding hydrogens is 102 g/mol. The summed E-state index contributed by atoms with van der Waals surface area (Å²) in [5.41, 5.74) is 1.10. The molecule has 0 atom stereocenters. The van der Waals surface area contributed by atoms with E-state index in [1.807, 2.05) is 19.1 Å². The molecule has 0 N–H and O–H groups in total. The maximum absolute atomic E-state index is 4.60. The van der Waals surface area contributed by atoms with E-state index in [9.17, 15) is 0 Å². The first-order valence-corrected chi connectivity index (χ1v) is 2.42. The van der Waals surface area contributed by atoms with Gasteiger partial charge in [0, 0.05) is 0 Å². The van der Waals surface area contributed by atoms with Gasteiger partial charge in [-0.2, -0.15) is 0 Å². The second-order valence-electron chi connectivity index (χ2n) is 1.58. The molecule has 0 saturated carbocycles. The number of hydrogen-bond acceptors (Lipinski definition) is 2. The lowest BCUT2D eigenvalue weighted by Crippen LogP contribution is -1.72. The molecule has 1 aliphatic rings. The van der Waals surface area contributed by atoms with E-state index < -0.39 is 0 Å². The van der Waals surface area contributed by atoms with E-state index in [1.165, 1.54) is 6.26 Å². The minimum Gasteiger partial charge on any atom is -0.365 e. The number of rotatable bonds is 0. The first-order valence-electron chi connectivity index (χ1n) is 2.42. The third-order valence-corrected chi connectivity index (χ3v) is 0.816. The Morgan fingerprint density at radius 2 is 2.50 bits per heavy atom. The summed E-state index contributed by atoms with van der Waals surface area (Å²) in [6, 6.07) is 0. The van der Waals surface area contributed by atoms with Crippen LogP contribution < -0.4 is 0 Å². The molecule has 0 unspecified atom stereocenters. The lowest BCUT2D eigenvalue weighted by molar-refractivity contribution is 0.271. The van der Waals surface area contributed by atoms with Crippen LogP contribution in [0.25, 0.3) is 0 Å². The lowest BCUT2D eigenvalue weighted by atomic mass is 10.3. The summed E-state index contributed by atoms with van der Waals surface area (Å²) in [6.07, 6.45) is 6.94. The molecule has 0 aliphatic carbocycles. The van der Waals surface area contributed by atoms with E-state index in [-0.39, 0.29) is 0 Å². The second-order valence-corrected chi connectivity index (χ2v) is 1.58. The smallest absolute Gasteiger partial charge is 0.122 e. The van der Waals surface area contributed by atoms with Crippen molar-refractivity contribution in [1.82, 2.24) is 0 Å². The molecular formula is C6H7NO. The summed E-state index contributed by atoms with van der Waals surface area (Å²) >= 11 is 0. The minimum absolute atomic E-state index is 1.10. The fourth-order valence-corrected chi connectivity index (χ4v) is 0.418. The maximum atomic E-state index is 4.60. The third-order valence-electron chi connectivity index (χ3n) is 0.816. The van der Waals surface area contributed by atoms with Crippen LogP contribution in [0.15, 0.2) is 29.1 Å². The summed E-state index contributed by atoms with van der Waals surface area (Å²) in [6.45, 7) is 1.96. The van der Waals surface area contributed by atoms with Gasteiger partial charge >= 0.3 is 0 Å². The normalized spacial score (nSPS) is 16.9. The molecule has 2 heteroatoms. The standard InChI is InChI=1S/C6H7NO/c1-6-3-2-4-8-7-5-6/h2-5H,1H3. The SMILES string of the molecule is CC1=CC=CON=C1. The van der Waals surface area contributed by atoms with Crippen molar-refractivity contribution in [3.63, 3.8) is 0 Å². The third kappa shape index (κ3) is 1.22. The van der Waals surface area contributed by atoms with Crippen LogP contribution in [0.3, 0.4) is 0 Å². The molecule has 0 aromatic heterocycles. The molecule has 0 amide bonds. The van der Waals surface area contributed by atoms with Crippen molar-refractivity contribution in [3.8, 4) is 0 Å². The van der Waals surface area contributed by atoms with Gasteiger partial charge in [0.15, 0.2) is 0 Å². The van der Waals surface area contributed by atoms with Crippen LogP contribution >= 0.6 is 0 Å². The van der Waals surface area contributed by atoms with Crippen molar-refractivity contribution in [1.29, 1.82) is 0 Å². The van der Waals surface area contributed by atoms with E-state index in [0.717, 1.165) is 5.57 Å². The zero-order valence-electron chi connectivity index (χ0n) is 4.66. The van der Waals surface area contributed by atoms with Gasteiger partial charge in [0.1, 0.15) is 6.26 Å². The molecule has 0 spiro atoms. The van der Waals surface area contributed by atoms with E-state index >= 15 is 0 Å². The summed E-state index contributed by atoms with van der Waals surface area (Å²) < 4.78 is 0. The van der Waals surface area contributed by atoms with Crippen molar-refractivity contribution < 1.29 is 4.84 Å². The minimum atomic E-state index is 1.10. The predicted molar refractivity (Wildman–Crippen MR) is 32.5 cm³/mol. The fraction of sp³-hybridized carbons (Fsp3) is 0.167.